The summed E-state index contributed by atoms with van der Waals surface area (Å²) >= 11 is 6.09. The first kappa shape index (κ1) is 25.2. The van der Waals surface area contributed by atoms with E-state index in [4.69, 9.17) is 11.6 Å². The van der Waals surface area contributed by atoms with Crippen LogP contribution in [-0.4, -0.2) is 43.5 Å². The number of fused-ring (bicyclic) bond motifs is 1. The summed E-state index contributed by atoms with van der Waals surface area (Å²) in [5.74, 6) is -0.279. The standard InChI is InChI=1S/C24H27ClF3N5O2/c1-23(2,35)13-33-12-14(11-29-33)22(34)31-17-5-3-4-16(9-17)30-20-10-21(24(26,27)28)32-19-7-6-15(25)8-18(19)20/h6-8,10-12,16-17,35H,3-5,9,13H2,1-2H3,(H,30,32)(H,31,34)/t16-,17+/m0/s1. The SMILES string of the molecule is CC(C)(O)Cn1cc(C(=O)N[C@@H]2CCC[C@H](Nc3cc(C(F)(F)F)nc4ccc(Cl)cc34)C2)cn1. The Labute approximate surface area is 205 Å². The van der Waals surface area contributed by atoms with Gasteiger partial charge in [-0.15, -0.1) is 0 Å². The van der Waals surface area contributed by atoms with Gasteiger partial charge in [0.15, 0.2) is 0 Å². The van der Waals surface area contributed by atoms with Gasteiger partial charge in [-0.05, 0) is 63.8 Å². The van der Waals surface area contributed by atoms with Gasteiger partial charge in [0, 0.05) is 34.4 Å². The molecule has 35 heavy (non-hydrogen) atoms. The molecule has 1 fully saturated rings. The lowest BCUT2D eigenvalue weighted by Crippen LogP contribution is -2.41. The Balaban J connectivity index is 1.47. The van der Waals surface area contributed by atoms with E-state index < -0.39 is 17.5 Å². The number of rotatable bonds is 6. The van der Waals surface area contributed by atoms with Crippen molar-refractivity contribution in [2.24, 2.45) is 0 Å². The summed E-state index contributed by atoms with van der Waals surface area (Å²) in [7, 11) is 0. The summed E-state index contributed by atoms with van der Waals surface area (Å²) in [4.78, 5) is 16.5. The van der Waals surface area contributed by atoms with Gasteiger partial charge in [-0.3, -0.25) is 9.48 Å². The van der Waals surface area contributed by atoms with Crippen molar-refractivity contribution in [1.82, 2.24) is 20.1 Å². The van der Waals surface area contributed by atoms with Crippen LogP contribution in [0.1, 0.15) is 55.6 Å². The van der Waals surface area contributed by atoms with Crippen molar-refractivity contribution in [3.8, 4) is 0 Å². The number of halogens is 4. The molecule has 1 aliphatic rings. The number of amides is 1. The van der Waals surface area contributed by atoms with Crippen molar-refractivity contribution in [1.29, 1.82) is 0 Å². The van der Waals surface area contributed by atoms with Crippen LogP contribution in [0.5, 0.6) is 0 Å². The van der Waals surface area contributed by atoms with Gasteiger partial charge in [-0.2, -0.15) is 18.3 Å². The zero-order valence-corrected chi connectivity index (χ0v) is 20.1. The monoisotopic (exact) mass is 509 g/mol. The van der Waals surface area contributed by atoms with Crippen LogP contribution in [0.25, 0.3) is 10.9 Å². The predicted molar refractivity (Wildman–Crippen MR) is 127 cm³/mol. The maximum absolute atomic E-state index is 13.4. The van der Waals surface area contributed by atoms with Gasteiger partial charge in [0.1, 0.15) is 5.69 Å². The molecule has 1 saturated carbocycles. The zero-order valence-electron chi connectivity index (χ0n) is 19.4. The summed E-state index contributed by atoms with van der Waals surface area (Å²) in [5, 5.41) is 21.2. The van der Waals surface area contributed by atoms with Gasteiger partial charge in [0.25, 0.3) is 5.91 Å². The number of alkyl halides is 3. The maximum atomic E-state index is 13.4. The van der Waals surface area contributed by atoms with Crippen molar-refractivity contribution in [3.05, 3.63) is 52.9 Å². The number of anilines is 1. The number of carbonyl (C=O) groups excluding carboxylic acids is 1. The molecule has 4 rings (SSSR count). The van der Waals surface area contributed by atoms with E-state index >= 15 is 0 Å². The molecule has 0 aliphatic heterocycles. The van der Waals surface area contributed by atoms with E-state index in [9.17, 15) is 23.1 Å². The topological polar surface area (TPSA) is 92.1 Å². The van der Waals surface area contributed by atoms with Crippen LogP contribution < -0.4 is 10.6 Å². The van der Waals surface area contributed by atoms with Crippen molar-refractivity contribution in [2.75, 3.05) is 5.32 Å². The van der Waals surface area contributed by atoms with E-state index in [1.54, 1.807) is 26.1 Å². The highest BCUT2D eigenvalue weighted by atomic mass is 35.5. The predicted octanol–water partition coefficient (Wildman–Crippen LogP) is 5.03. The van der Waals surface area contributed by atoms with Gasteiger partial charge in [-0.1, -0.05) is 11.6 Å². The molecule has 1 amide bonds. The summed E-state index contributed by atoms with van der Waals surface area (Å²) in [5.41, 5.74) is -1.03. The Kier molecular flexibility index (Phi) is 6.97. The Morgan fingerprint density at radius 2 is 1.97 bits per heavy atom. The number of nitrogens with zero attached hydrogens (tertiary/aromatic N) is 3. The zero-order chi connectivity index (χ0) is 25.4. The third-order valence-electron chi connectivity index (χ3n) is 5.87. The minimum absolute atomic E-state index is 0.141. The largest absolute Gasteiger partial charge is 0.433 e. The summed E-state index contributed by atoms with van der Waals surface area (Å²) in [6.45, 7) is 3.56. The Bertz CT molecular complexity index is 1220. The highest BCUT2D eigenvalue weighted by Crippen LogP contribution is 2.35. The number of hydrogen-bond acceptors (Lipinski definition) is 5. The molecule has 11 heteroatoms. The lowest BCUT2D eigenvalue weighted by molar-refractivity contribution is -0.140. The number of pyridine rings is 1. The van der Waals surface area contributed by atoms with Crippen molar-refractivity contribution in [2.45, 2.75) is 69.9 Å². The highest BCUT2D eigenvalue weighted by molar-refractivity contribution is 6.31. The average Bonchev–Trinajstić information content (AvgIpc) is 3.20. The average molecular weight is 510 g/mol. The normalized spacial score (nSPS) is 19.1. The number of benzene rings is 1. The molecule has 2 atom stereocenters. The fourth-order valence-electron chi connectivity index (χ4n) is 4.37. The summed E-state index contributed by atoms with van der Waals surface area (Å²) in [6.07, 6.45) is 1.32. The molecule has 2 aromatic heterocycles. The number of hydrogen-bond donors (Lipinski definition) is 3. The van der Waals surface area contributed by atoms with Gasteiger partial charge in [0.05, 0.1) is 29.4 Å². The highest BCUT2D eigenvalue weighted by Gasteiger charge is 2.34. The minimum Gasteiger partial charge on any atom is -0.389 e. The second-order valence-electron chi connectivity index (χ2n) is 9.63. The molecule has 188 valence electrons. The van der Waals surface area contributed by atoms with Crippen molar-refractivity contribution < 1.29 is 23.1 Å². The fourth-order valence-corrected chi connectivity index (χ4v) is 4.54. The van der Waals surface area contributed by atoms with E-state index in [1.165, 1.54) is 23.0 Å². The van der Waals surface area contributed by atoms with E-state index in [0.29, 0.717) is 28.1 Å². The molecule has 0 radical (unpaired) electrons. The molecule has 3 N–H and O–H groups in total. The third-order valence-corrected chi connectivity index (χ3v) is 6.11. The first-order valence-electron chi connectivity index (χ1n) is 11.4. The number of carbonyl (C=O) groups is 1. The summed E-state index contributed by atoms with van der Waals surface area (Å²) < 4.78 is 41.8. The second-order valence-corrected chi connectivity index (χ2v) is 10.1. The molecular weight excluding hydrogens is 483 g/mol. The smallest absolute Gasteiger partial charge is 0.389 e. The van der Waals surface area contributed by atoms with E-state index in [0.717, 1.165) is 25.3 Å². The van der Waals surface area contributed by atoms with Crippen LogP contribution in [0.4, 0.5) is 18.9 Å². The molecule has 2 heterocycles. The lowest BCUT2D eigenvalue weighted by atomic mass is 9.90. The molecule has 3 aromatic rings. The molecular formula is C24H27ClF3N5O2. The van der Waals surface area contributed by atoms with Crippen LogP contribution in [0.2, 0.25) is 5.02 Å². The minimum atomic E-state index is -4.58. The quantitative estimate of drug-likeness (QED) is 0.433. The van der Waals surface area contributed by atoms with Gasteiger partial charge in [0.2, 0.25) is 0 Å². The first-order valence-corrected chi connectivity index (χ1v) is 11.7. The second kappa shape index (κ2) is 9.66. The van der Waals surface area contributed by atoms with E-state index in [-0.39, 0.29) is 30.1 Å². The molecule has 1 aromatic carbocycles. The van der Waals surface area contributed by atoms with Crippen LogP contribution in [0, 0.1) is 0 Å². The Morgan fingerprint density at radius 3 is 2.69 bits per heavy atom. The molecule has 0 saturated heterocycles. The summed E-state index contributed by atoms with van der Waals surface area (Å²) in [6, 6.07) is 5.30. The first-order chi connectivity index (χ1) is 16.4. The van der Waals surface area contributed by atoms with E-state index in [1.807, 2.05) is 0 Å². The van der Waals surface area contributed by atoms with Gasteiger partial charge >= 0.3 is 6.18 Å². The van der Waals surface area contributed by atoms with Crippen LogP contribution in [-0.2, 0) is 12.7 Å². The maximum Gasteiger partial charge on any atom is 0.433 e. The molecule has 0 bridgehead atoms. The Morgan fingerprint density at radius 1 is 1.23 bits per heavy atom. The van der Waals surface area contributed by atoms with Crippen LogP contribution in [0.15, 0.2) is 36.7 Å². The molecule has 0 spiro atoms. The van der Waals surface area contributed by atoms with Crippen molar-refractivity contribution in [3.63, 3.8) is 0 Å². The molecule has 7 nitrogen and oxygen atoms in total. The van der Waals surface area contributed by atoms with Crippen molar-refractivity contribution >= 4 is 34.1 Å². The number of aromatic nitrogens is 3. The molecule has 1 aliphatic carbocycles. The van der Waals surface area contributed by atoms with E-state index in [2.05, 4.69) is 20.7 Å². The van der Waals surface area contributed by atoms with Gasteiger partial charge < -0.3 is 15.7 Å². The van der Waals surface area contributed by atoms with Gasteiger partial charge in [-0.25, -0.2) is 4.98 Å². The fraction of sp³-hybridized carbons (Fsp3) is 0.458. The number of aliphatic hydroxyl groups is 1. The Hall–Kier alpha value is -2.85. The lowest BCUT2D eigenvalue weighted by Gasteiger charge is -2.31. The number of nitrogens with one attached hydrogen (secondary N) is 2. The van der Waals surface area contributed by atoms with Crippen LogP contribution in [0.3, 0.4) is 0 Å². The molecule has 0 unspecified atom stereocenters. The van der Waals surface area contributed by atoms with Crippen LogP contribution >= 0.6 is 11.6 Å². The third kappa shape index (κ3) is 6.43.